The zero-order valence-corrected chi connectivity index (χ0v) is 19.4. The zero-order chi connectivity index (χ0) is 23.4. The van der Waals surface area contributed by atoms with Crippen LogP contribution >= 0.6 is 0 Å². The van der Waals surface area contributed by atoms with E-state index in [9.17, 15) is 14.4 Å². The van der Waals surface area contributed by atoms with Gasteiger partial charge in [-0.15, -0.1) is 0 Å². The van der Waals surface area contributed by atoms with E-state index in [0.29, 0.717) is 29.5 Å². The van der Waals surface area contributed by atoms with Crippen LogP contribution in [0.3, 0.4) is 0 Å². The van der Waals surface area contributed by atoms with Crippen LogP contribution in [0.4, 0.5) is 0 Å². The minimum absolute atomic E-state index is 0.132. The predicted molar refractivity (Wildman–Crippen MR) is 126 cm³/mol. The fourth-order valence-corrected chi connectivity index (χ4v) is 5.08. The normalized spacial score (nSPS) is 20.4. The van der Waals surface area contributed by atoms with Crippen molar-refractivity contribution in [2.75, 3.05) is 19.7 Å². The molecule has 1 fully saturated rings. The van der Waals surface area contributed by atoms with Crippen LogP contribution in [0.1, 0.15) is 59.4 Å². The summed E-state index contributed by atoms with van der Waals surface area (Å²) in [6.45, 7) is 5.30. The SMILES string of the molecule is CC1(C)C[C@@H]([C@@H](CCNC(=O)CN2C(=O)c3ccccc3C2=O)Cc2ccccc2)CCO1. The van der Waals surface area contributed by atoms with E-state index in [1.165, 1.54) is 5.56 Å². The number of carbonyl (C=O) groups is 3. The third kappa shape index (κ3) is 5.50. The third-order valence-corrected chi connectivity index (χ3v) is 6.76. The molecule has 2 aromatic carbocycles. The van der Waals surface area contributed by atoms with Gasteiger partial charge in [-0.1, -0.05) is 42.5 Å². The number of hydrogen-bond acceptors (Lipinski definition) is 4. The van der Waals surface area contributed by atoms with Gasteiger partial charge in [0.15, 0.2) is 0 Å². The van der Waals surface area contributed by atoms with E-state index in [-0.39, 0.29) is 18.1 Å². The first-order valence-corrected chi connectivity index (χ1v) is 11.7. The number of nitrogens with zero attached hydrogens (tertiary/aromatic N) is 1. The average molecular weight is 449 g/mol. The monoisotopic (exact) mass is 448 g/mol. The summed E-state index contributed by atoms with van der Waals surface area (Å²) < 4.78 is 5.92. The molecule has 0 saturated carbocycles. The van der Waals surface area contributed by atoms with Gasteiger partial charge in [0.1, 0.15) is 6.54 Å². The van der Waals surface area contributed by atoms with Crippen molar-refractivity contribution in [1.29, 1.82) is 0 Å². The number of hydrogen-bond donors (Lipinski definition) is 1. The van der Waals surface area contributed by atoms with Crippen molar-refractivity contribution in [2.24, 2.45) is 11.8 Å². The topological polar surface area (TPSA) is 75.7 Å². The quantitative estimate of drug-likeness (QED) is 0.623. The number of fused-ring (bicyclic) bond motifs is 1. The van der Waals surface area contributed by atoms with Gasteiger partial charge in [0.2, 0.25) is 5.91 Å². The first-order valence-electron chi connectivity index (χ1n) is 11.7. The Morgan fingerprint density at radius 3 is 2.33 bits per heavy atom. The molecule has 2 heterocycles. The predicted octanol–water partition coefficient (Wildman–Crippen LogP) is 3.85. The second-order valence-corrected chi connectivity index (χ2v) is 9.69. The summed E-state index contributed by atoms with van der Waals surface area (Å²) in [6, 6.07) is 17.1. The molecule has 1 N–H and O–H groups in total. The molecule has 174 valence electrons. The van der Waals surface area contributed by atoms with Crippen LogP contribution in [0.25, 0.3) is 0 Å². The molecule has 0 bridgehead atoms. The van der Waals surface area contributed by atoms with Crippen LogP contribution in [0, 0.1) is 11.8 Å². The fraction of sp³-hybridized carbons (Fsp3) is 0.444. The van der Waals surface area contributed by atoms with Gasteiger partial charge < -0.3 is 10.1 Å². The summed E-state index contributed by atoms with van der Waals surface area (Å²) in [5.41, 5.74) is 1.89. The Bertz CT molecular complexity index is 983. The van der Waals surface area contributed by atoms with E-state index < -0.39 is 11.8 Å². The van der Waals surface area contributed by atoms with Gasteiger partial charge in [0, 0.05) is 13.2 Å². The van der Waals surface area contributed by atoms with Crippen LogP contribution in [0.15, 0.2) is 54.6 Å². The van der Waals surface area contributed by atoms with Crippen molar-refractivity contribution in [3.05, 3.63) is 71.3 Å². The molecule has 2 aliphatic heterocycles. The molecular formula is C27H32N2O4. The van der Waals surface area contributed by atoms with Crippen molar-refractivity contribution < 1.29 is 19.1 Å². The smallest absolute Gasteiger partial charge is 0.262 e. The summed E-state index contributed by atoms with van der Waals surface area (Å²) >= 11 is 0. The highest BCUT2D eigenvalue weighted by Gasteiger charge is 2.36. The first kappa shape index (κ1) is 23.2. The standard InChI is InChI=1S/C27H32N2O4/c1-27(2)17-21(13-15-33-27)20(16-19-8-4-3-5-9-19)12-14-28-24(30)18-29-25(31)22-10-6-7-11-23(22)26(29)32/h3-11,20-21H,12-18H2,1-2H3,(H,28,30)/t20-,21-/m0/s1. The van der Waals surface area contributed by atoms with Gasteiger partial charge in [0.25, 0.3) is 11.8 Å². The molecule has 0 spiro atoms. The highest BCUT2D eigenvalue weighted by atomic mass is 16.5. The van der Waals surface area contributed by atoms with E-state index >= 15 is 0 Å². The Labute approximate surface area is 195 Å². The maximum Gasteiger partial charge on any atom is 0.262 e. The second-order valence-electron chi connectivity index (χ2n) is 9.69. The summed E-state index contributed by atoms with van der Waals surface area (Å²) in [7, 11) is 0. The number of ether oxygens (including phenoxy) is 1. The van der Waals surface area contributed by atoms with Crippen LogP contribution < -0.4 is 5.32 Å². The minimum atomic E-state index is -0.405. The van der Waals surface area contributed by atoms with Gasteiger partial charge in [-0.05, 0) is 69.1 Å². The van der Waals surface area contributed by atoms with Crippen molar-refractivity contribution in [3.8, 4) is 0 Å². The highest BCUT2D eigenvalue weighted by Crippen LogP contribution is 2.36. The van der Waals surface area contributed by atoms with Crippen molar-refractivity contribution in [2.45, 2.75) is 45.1 Å². The molecule has 2 aromatic rings. The van der Waals surface area contributed by atoms with E-state index in [4.69, 9.17) is 4.74 Å². The number of carbonyl (C=O) groups excluding carboxylic acids is 3. The van der Waals surface area contributed by atoms with Crippen LogP contribution in [0.5, 0.6) is 0 Å². The molecule has 0 unspecified atom stereocenters. The van der Waals surface area contributed by atoms with Gasteiger partial charge >= 0.3 is 0 Å². The molecule has 2 atom stereocenters. The Morgan fingerprint density at radius 1 is 1.06 bits per heavy atom. The number of imide groups is 1. The summed E-state index contributed by atoms with van der Waals surface area (Å²) in [6.07, 6.45) is 3.80. The molecule has 6 nitrogen and oxygen atoms in total. The summed E-state index contributed by atoms with van der Waals surface area (Å²) in [5.74, 6) is -0.193. The molecule has 1 saturated heterocycles. The van der Waals surface area contributed by atoms with E-state index in [1.807, 2.05) is 6.07 Å². The fourth-order valence-electron chi connectivity index (χ4n) is 5.08. The number of nitrogens with one attached hydrogen (secondary N) is 1. The highest BCUT2D eigenvalue weighted by molar-refractivity contribution is 6.22. The minimum Gasteiger partial charge on any atom is -0.376 e. The van der Waals surface area contributed by atoms with E-state index in [2.05, 4.69) is 43.4 Å². The molecule has 0 radical (unpaired) electrons. The maximum absolute atomic E-state index is 12.6. The Balaban J connectivity index is 1.34. The number of amides is 3. The van der Waals surface area contributed by atoms with Crippen molar-refractivity contribution in [1.82, 2.24) is 10.2 Å². The van der Waals surface area contributed by atoms with Crippen LogP contribution in [-0.4, -0.2) is 47.9 Å². The lowest BCUT2D eigenvalue weighted by Gasteiger charge is -2.39. The molecule has 0 aromatic heterocycles. The summed E-state index contributed by atoms with van der Waals surface area (Å²) in [4.78, 5) is 38.6. The average Bonchev–Trinajstić information content (AvgIpc) is 3.03. The molecular weight excluding hydrogens is 416 g/mol. The largest absolute Gasteiger partial charge is 0.376 e. The Kier molecular flexibility index (Phi) is 6.94. The van der Waals surface area contributed by atoms with Crippen LogP contribution in [0.2, 0.25) is 0 Å². The lowest BCUT2D eigenvalue weighted by atomic mass is 9.75. The van der Waals surface area contributed by atoms with Gasteiger partial charge in [-0.2, -0.15) is 0 Å². The van der Waals surface area contributed by atoms with Gasteiger partial charge in [0.05, 0.1) is 16.7 Å². The Hall–Kier alpha value is -2.99. The third-order valence-electron chi connectivity index (χ3n) is 6.76. The van der Waals surface area contributed by atoms with Crippen molar-refractivity contribution >= 4 is 17.7 Å². The van der Waals surface area contributed by atoms with Gasteiger partial charge in [-0.25, -0.2) is 0 Å². The molecule has 0 aliphatic carbocycles. The van der Waals surface area contributed by atoms with Crippen molar-refractivity contribution in [3.63, 3.8) is 0 Å². The number of benzene rings is 2. The van der Waals surface area contributed by atoms with E-state index in [0.717, 1.165) is 37.2 Å². The van der Waals surface area contributed by atoms with Gasteiger partial charge in [-0.3, -0.25) is 19.3 Å². The maximum atomic E-state index is 12.6. The lowest BCUT2D eigenvalue weighted by molar-refractivity contribution is -0.121. The summed E-state index contributed by atoms with van der Waals surface area (Å²) in [5, 5.41) is 2.94. The molecule has 33 heavy (non-hydrogen) atoms. The first-order chi connectivity index (χ1) is 15.8. The second kappa shape index (κ2) is 9.87. The number of rotatable bonds is 8. The molecule has 4 rings (SSSR count). The van der Waals surface area contributed by atoms with E-state index in [1.54, 1.807) is 24.3 Å². The zero-order valence-electron chi connectivity index (χ0n) is 19.4. The van der Waals surface area contributed by atoms with Crippen LogP contribution in [-0.2, 0) is 16.0 Å². The molecule has 2 aliphatic rings. The molecule has 6 heteroatoms. The molecule has 3 amide bonds. The lowest BCUT2D eigenvalue weighted by Crippen LogP contribution is -2.41. The Morgan fingerprint density at radius 2 is 1.70 bits per heavy atom.